The molecule has 0 saturated carbocycles. The van der Waals surface area contributed by atoms with Gasteiger partial charge in [-0.15, -0.1) is 0 Å². The fourth-order valence-electron chi connectivity index (χ4n) is 3.51. The Morgan fingerprint density at radius 1 is 1.14 bits per heavy atom. The molecule has 1 N–H and O–H groups in total. The molecule has 28 heavy (non-hydrogen) atoms. The maximum absolute atomic E-state index is 12.8. The van der Waals surface area contributed by atoms with E-state index in [-0.39, 0.29) is 23.0 Å². The molecule has 4 nitrogen and oxygen atoms in total. The molecule has 0 unspecified atom stereocenters. The zero-order valence-electron chi connectivity index (χ0n) is 17.7. The molecule has 0 aliphatic carbocycles. The van der Waals surface area contributed by atoms with Gasteiger partial charge in [0.2, 0.25) is 0 Å². The number of para-hydroxylation sites is 1. The molecular weight excluding hydrogens is 350 g/mol. The van der Waals surface area contributed by atoms with Gasteiger partial charge in [-0.1, -0.05) is 51.1 Å². The summed E-state index contributed by atoms with van der Waals surface area (Å²) in [5.41, 5.74) is 2.00. The summed E-state index contributed by atoms with van der Waals surface area (Å²) in [6.07, 6.45) is 0.126. The summed E-state index contributed by atoms with van der Waals surface area (Å²) in [4.78, 5) is 12.8. The topological polar surface area (TPSA) is 47.6 Å². The summed E-state index contributed by atoms with van der Waals surface area (Å²) >= 11 is 0. The Morgan fingerprint density at radius 3 is 2.43 bits per heavy atom. The van der Waals surface area contributed by atoms with Crippen molar-refractivity contribution in [3.63, 3.8) is 0 Å². The average molecular weight is 382 g/mol. The van der Waals surface area contributed by atoms with Gasteiger partial charge in [0, 0.05) is 12.0 Å². The Kier molecular flexibility index (Phi) is 5.42. The van der Waals surface area contributed by atoms with Gasteiger partial charge in [-0.2, -0.15) is 0 Å². The SMILES string of the molecule is C[C@@H](Oc1ccc(C(C)(C)C)cc1)C(=O)N[C@H]1CC(C)(C)Oc2ccccc21. The van der Waals surface area contributed by atoms with Gasteiger partial charge in [0.25, 0.3) is 5.91 Å². The number of fused-ring (bicyclic) bond motifs is 1. The largest absolute Gasteiger partial charge is 0.487 e. The van der Waals surface area contributed by atoms with Crippen molar-refractivity contribution >= 4 is 5.91 Å². The van der Waals surface area contributed by atoms with Crippen LogP contribution in [0, 0.1) is 0 Å². The molecule has 0 radical (unpaired) electrons. The molecule has 2 aromatic carbocycles. The van der Waals surface area contributed by atoms with Gasteiger partial charge in [0.1, 0.15) is 17.1 Å². The Balaban J connectivity index is 1.67. The molecule has 0 saturated heterocycles. The molecule has 2 atom stereocenters. The molecule has 1 heterocycles. The molecule has 1 aliphatic rings. The smallest absolute Gasteiger partial charge is 0.261 e. The van der Waals surface area contributed by atoms with Crippen molar-refractivity contribution in [1.82, 2.24) is 5.32 Å². The van der Waals surface area contributed by atoms with Crippen LogP contribution in [0.3, 0.4) is 0 Å². The van der Waals surface area contributed by atoms with Crippen LogP contribution in [-0.2, 0) is 10.2 Å². The van der Waals surface area contributed by atoms with Crippen LogP contribution in [0.4, 0.5) is 0 Å². The van der Waals surface area contributed by atoms with Crippen LogP contribution < -0.4 is 14.8 Å². The maximum atomic E-state index is 12.8. The van der Waals surface area contributed by atoms with Crippen LogP contribution in [-0.4, -0.2) is 17.6 Å². The van der Waals surface area contributed by atoms with E-state index in [1.165, 1.54) is 5.56 Å². The highest BCUT2D eigenvalue weighted by atomic mass is 16.5. The Labute approximate surface area is 168 Å². The quantitative estimate of drug-likeness (QED) is 0.795. The minimum Gasteiger partial charge on any atom is -0.487 e. The van der Waals surface area contributed by atoms with Gasteiger partial charge >= 0.3 is 0 Å². The molecule has 4 heteroatoms. The van der Waals surface area contributed by atoms with E-state index in [9.17, 15) is 4.79 Å². The first kappa shape index (κ1) is 20.2. The van der Waals surface area contributed by atoms with Crippen molar-refractivity contribution in [2.75, 3.05) is 0 Å². The van der Waals surface area contributed by atoms with E-state index in [4.69, 9.17) is 9.47 Å². The van der Waals surface area contributed by atoms with Crippen molar-refractivity contribution < 1.29 is 14.3 Å². The van der Waals surface area contributed by atoms with Gasteiger partial charge in [0.15, 0.2) is 6.10 Å². The molecule has 0 bridgehead atoms. The fourth-order valence-corrected chi connectivity index (χ4v) is 3.51. The third kappa shape index (κ3) is 4.67. The maximum Gasteiger partial charge on any atom is 0.261 e. The van der Waals surface area contributed by atoms with Crippen LogP contribution >= 0.6 is 0 Å². The first-order valence-electron chi connectivity index (χ1n) is 9.91. The first-order chi connectivity index (χ1) is 13.0. The number of hydrogen-bond acceptors (Lipinski definition) is 3. The molecule has 0 aromatic heterocycles. The second-order valence-corrected chi connectivity index (χ2v) is 9.20. The summed E-state index contributed by atoms with van der Waals surface area (Å²) in [7, 11) is 0. The van der Waals surface area contributed by atoms with Gasteiger partial charge in [-0.25, -0.2) is 0 Å². The molecule has 150 valence electrons. The molecular formula is C24H31NO3. The predicted molar refractivity (Wildman–Crippen MR) is 112 cm³/mol. The van der Waals surface area contributed by atoms with E-state index < -0.39 is 6.10 Å². The number of carbonyl (C=O) groups is 1. The highest BCUT2D eigenvalue weighted by Gasteiger charge is 2.35. The predicted octanol–water partition coefficient (Wildman–Crippen LogP) is 5.17. The minimum atomic E-state index is -0.585. The average Bonchev–Trinajstić information content (AvgIpc) is 2.60. The van der Waals surface area contributed by atoms with Crippen molar-refractivity contribution in [2.24, 2.45) is 0 Å². The number of hydrogen-bond donors (Lipinski definition) is 1. The normalized spacial score (nSPS) is 19.1. The van der Waals surface area contributed by atoms with Crippen molar-refractivity contribution in [2.45, 2.75) is 71.1 Å². The Morgan fingerprint density at radius 2 is 1.79 bits per heavy atom. The second-order valence-electron chi connectivity index (χ2n) is 9.20. The van der Waals surface area contributed by atoms with Crippen LogP contribution in [0.1, 0.15) is 65.1 Å². The van der Waals surface area contributed by atoms with Gasteiger partial charge in [-0.3, -0.25) is 4.79 Å². The van der Waals surface area contributed by atoms with Gasteiger partial charge < -0.3 is 14.8 Å². The Hall–Kier alpha value is -2.49. The lowest BCUT2D eigenvalue weighted by Gasteiger charge is -2.38. The second kappa shape index (κ2) is 7.50. The summed E-state index contributed by atoms with van der Waals surface area (Å²) in [6, 6.07) is 15.7. The van der Waals surface area contributed by atoms with E-state index in [1.54, 1.807) is 6.92 Å². The third-order valence-corrected chi connectivity index (χ3v) is 5.10. The zero-order valence-corrected chi connectivity index (χ0v) is 17.7. The molecule has 0 spiro atoms. The number of nitrogens with one attached hydrogen (secondary N) is 1. The zero-order chi connectivity index (χ0) is 20.5. The number of ether oxygens (including phenoxy) is 2. The van der Waals surface area contributed by atoms with E-state index in [2.05, 4.69) is 38.2 Å². The molecule has 1 amide bonds. The molecule has 2 aromatic rings. The molecule has 1 aliphatic heterocycles. The van der Waals surface area contributed by atoms with E-state index >= 15 is 0 Å². The van der Waals surface area contributed by atoms with Crippen molar-refractivity contribution in [1.29, 1.82) is 0 Å². The van der Waals surface area contributed by atoms with Crippen LogP contribution in [0.2, 0.25) is 0 Å². The van der Waals surface area contributed by atoms with Gasteiger partial charge in [-0.05, 0) is 49.9 Å². The van der Waals surface area contributed by atoms with Crippen molar-refractivity contribution in [3.8, 4) is 11.5 Å². The summed E-state index contributed by atoms with van der Waals surface area (Å²) in [5.74, 6) is 1.40. The first-order valence-corrected chi connectivity index (χ1v) is 9.91. The highest BCUT2D eigenvalue weighted by molar-refractivity contribution is 5.81. The number of amides is 1. The fraction of sp³-hybridized carbons (Fsp3) is 0.458. The molecule has 0 fully saturated rings. The van der Waals surface area contributed by atoms with E-state index in [1.807, 2.05) is 50.2 Å². The van der Waals surface area contributed by atoms with Crippen molar-refractivity contribution in [3.05, 3.63) is 59.7 Å². The lowest BCUT2D eigenvalue weighted by molar-refractivity contribution is -0.128. The van der Waals surface area contributed by atoms with E-state index in [0.717, 1.165) is 11.3 Å². The minimum absolute atomic E-state index is 0.0881. The summed E-state index contributed by atoms with van der Waals surface area (Å²) in [5, 5.41) is 3.14. The molecule has 3 rings (SSSR count). The van der Waals surface area contributed by atoms with Crippen LogP contribution in [0.25, 0.3) is 0 Å². The lowest BCUT2D eigenvalue weighted by atomic mass is 9.87. The number of benzene rings is 2. The summed E-state index contributed by atoms with van der Waals surface area (Å²) < 4.78 is 11.9. The van der Waals surface area contributed by atoms with Gasteiger partial charge in [0.05, 0.1) is 6.04 Å². The van der Waals surface area contributed by atoms with Crippen LogP contribution in [0.5, 0.6) is 11.5 Å². The van der Waals surface area contributed by atoms with Crippen LogP contribution in [0.15, 0.2) is 48.5 Å². The number of rotatable bonds is 4. The standard InChI is InChI=1S/C24H31NO3/c1-16(27-18-13-11-17(12-14-18)23(2,3)4)22(26)25-20-15-24(5,6)28-21-10-8-7-9-19(20)21/h7-14,16,20H,15H2,1-6H3,(H,25,26)/t16-,20+/m1/s1. The lowest BCUT2D eigenvalue weighted by Crippen LogP contribution is -2.44. The Bertz CT molecular complexity index is 834. The summed E-state index contributed by atoms with van der Waals surface area (Å²) in [6.45, 7) is 12.4. The number of carbonyl (C=O) groups excluding carboxylic acids is 1. The third-order valence-electron chi connectivity index (χ3n) is 5.10. The monoisotopic (exact) mass is 381 g/mol. The van der Waals surface area contributed by atoms with E-state index in [0.29, 0.717) is 12.2 Å². The highest BCUT2D eigenvalue weighted by Crippen LogP contribution is 2.39.